The van der Waals surface area contributed by atoms with Crippen LogP contribution in [0.15, 0.2) is 42.7 Å². The second-order valence-electron chi connectivity index (χ2n) is 8.71. The summed E-state index contributed by atoms with van der Waals surface area (Å²) < 4.78 is 0. The number of aromatic nitrogens is 5. The molecule has 5 rings (SSSR count). The zero-order valence-electron chi connectivity index (χ0n) is 18.3. The Balaban J connectivity index is 1.58. The molecule has 2 aromatic heterocycles. The molecule has 0 bridgehead atoms. The van der Waals surface area contributed by atoms with Gasteiger partial charge in [0.2, 0.25) is 0 Å². The van der Waals surface area contributed by atoms with Crippen molar-refractivity contribution in [3.63, 3.8) is 0 Å². The number of aromatic amines is 1. The molecule has 2 aromatic carbocycles. The molecule has 1 aliphatic heterocycles. The molecule has 0 spiro atoms. The molecule has 1 aliphatic rings. The van der Waals surface area contributed by atoms with Gasteiger partial charge in [-0.2, -0.15) is 15.0 Å². The number of nitrogens with zero attached hydrogens (tertiary/aromatic N) is 5. The number of likely N-dealkylation sites (tertiary alicyclic amines) is 1. The molecule has 158 valence electrons. The maximum Gasteiger partial charge on any atom is 0.256 e. The van der Waals surface area contributed by atoms with Gasteiger partial charge in [0.15, 0.2) is 0 Å². The van der Waals surface area contributed by atoms with E-state index in [0.29, 0.717) is 17.8 Å². The zero-order valence-corrected chi connectivity index (χ0v) is 18.3. The van der Waals surface area contributed by atoms with Gasteiger partial charge in [-0.1, -0.05) is 11.6 Å². The normalized spacial score (nSPS) is 18.8. The number of hydrogen-bond acceptors (Lipinski definition) is 4. The first kappa shape index (κ1) is 19.5. The molecule has 0 saturated carbocycles. The molecule has 1 amide bonds. The molecule has 1 fully saturated rings. The van der Waals surface area contributed by atoms with Crippen molar-refractivity contribution in [1.29, 1.82) is 0 Å². The van der Waals surface area contributed by atoms with Gasteiger partial charge in [-0.05, 0) is 75.9 Å². The van der Waals surface area contributed by atoms with Gasteiger partial charge in [0.1, 0.15) is 5.82 Å². The monoisotopic (exact) mass is 414 g/mol. The standard InChI is InChI=1S/C24H26N6O/c1-15-6-7-21(30-25-9-10-26-30)18(12-15)22(31)29-11-5-8-24(29,4)23-27-19-13-16(2)17(3)14-20(19)28-23/h6-7,9-10,12-14H,5,8,11H2,1-4H3,(H,27,28). The maximum absolute atomic E-state index is 13.8. The average molecular weight is 415 g/mol. The summed E-state index contributed by atoms with van der Waals surface area (Å²) in [5, 5.41) is 8.48. The third-order valence-corrected chi connectivity index (χ3v) is 6.51. The number of H-pyrrole nitrogens is 1. The van der Waals surface area contributed by atoms with E-state index >= 15 is 0 Å². The lowest BCUT2D eigenvalue weighted by Gasteiger charge is -2.34. The zero-order chi connectivity index (χ0) is 21.8. The number of aryl methyl sites for hydroxylation is 3. The number of carbonyl (C=O) groups excluding carboxylic acids is 1. The number of carbonyl (C=O) groups is 1. The molecule has 7 heteroatoms. The van der Waals surface area contributed by atoms with E-state index in [-0.39, 0.29) is 5.91 Å². The predicted molar refractivity (Wildman–Crippen MR) is 119 cm³/mol. The van der Waals surface area contributed by atoms with Crippen molar-refractivity contribution in [1.82, 2.24) is 29.9 Å². The van der Waals surface area contributed by atoms with E-state index in [4.69, 9.17) is 4.98 Å². The van der Waals surface area contributed by atoms with Gasteiger partial charge in [-0.25, -0.2) is 4.98 Å². The molecule has 1 atom stereocenters. The number of nitrogens with one attached hydrogen (secondary N) is 1. The summed E-state index contributed by atoms with van der Waals surface area (Å²) in [7, 11) is 0. The average Bonchev–Trinajstić information content (AvgIpc) is 3.48. The van der Waals surface area contributed by atoms with E-state index < -0.39 is 5.54 Å². The van der Waals surface area contributed by atoms with Crippen molar-refractivity contribution < 1.29 is 4.79 Å². The molecule has 1 N–H and O–H groups in total. The fourth-order valence-corrected chi connectivity index (χ4v) is 4.54. The first-order valence-electron chi connectivity index (χ1n) is 10.6. The first-order chi connectivity index (χ1) is 14.9. The van der Waals surface area contributed by atoms with Crippen molar-refractivity contribution in [2.45, 2.75) is 46.1 Å². The van der Waals surface area contributed by atoms with E-state index in [0.717, 1.165) is 35.3 Å². The van der Waals surface area contributed by atoms with E-state index in [1.54, 1.807) is 12.4 Å². The lowest BCUT2D eigenvalue weighted by atomic mass is 9.96. The quantitative estimate of drug-likeness (QED) is 0.544. The highest BCUT2D eigenvalue weighted by molar-refractivity contribution is 5.98. The van der Waals surface area contributed by atoms with Gasteiger partial charge in [0.05, 0.1) is 40.2 Å². The molecule has 1 unspecified atom stereocenters. The summed E-state index contributed by atoms with van der Waals surface area (Å²) in [5.74, 6) is 0.814. The van der Waals surface area contributed by atoms with Gasteiger partial charge in [-0.15, -0.1) is 0 Å². The minimum atomic E-state index is -0.503. The summed E-state index contributed by atoms with van der Waals surface area (Å²) >= 11 is 0. The largest absolute Gasteiger partial charge is 0.340 e. The van der Waals surface area contributed by atoms with Crippen LogP contribution in [0.4, 0.5) is 0 Å². The number of fused-ring (bicyclic) bond motifs is 1. The SMILES string of the molecule is Cc1ccc(-n2nccn2)c(C(=O)N2CCCC2(C)c2nc3cc(C)c(C)cc3[nH]2)c1. The Labute approximate surface area is 181 Å². The van der Waals surface area contributed by atoms with Crippen molar-refractivity contribution in [2.24, 2.45) is 0 Å². The number of rotatable bonds is 3. The van der Waals surface area contributed by atoms with E-state index in [1.165, 1.54) is 15.9 Å². The molecule has 4 aromatic rings. The molecule has 1 saturated heterocycles. The van der Waals surface area contributed by atoms with Crippen LogP contribution in [0.1, 0.15) is 52.6 Å². The Morgan fingerprint density at radius 3 is 2.58 bits per heavy atom. The van der Waals surface area contributed by atoms with Crippen LogP contribution in [-0.4, -0.2) is 42.3 Å². The van der Waals surface area contributed by atoms with Crippen LogP contribution in [-0.2, 0) is 5.54 Å². The molecule has 0 aliphatic carbocycles. The van der Waals surface area contributed by atoms with Gasteiger partial charge in [0, 0.05) is 6.54 Å². The highest BCUT2D eigenvalue weighted by Gasteiger charge is 2.44. The fraction of sp³-hybridized carbons (Fsp3) is 0.333. The summed E-state index contributed by atoms with van der Waals surface area (Å²) in [6.07, 6.45) is 5.02. The van der Waals surface area contributed by atoms with Crippen LogP contribution in [0.3, 0.4) is 0 Å². The van der Waals surface area contributed by atoms with Crippen LogP contribution in [0, 0.1) is 20.8 Å². The van der Waals surface area contributed by atoms with E-state index in [1.807, 2.05) is 30.0 Å². The molecule has 0 radical (unpaired) electrons. The first-order valence-corrected chi connectivity index (χ1v) is 10.6. The fourth-order valence-electron chi connectivity index (χ4n) is 4.54. The Bertz CT molecular complexity index is 1250. The number of benzene rings is 2. The topological polar surface area (TPSA) is 79.7 Å². The van der Waals surface area contributed by atoms with Crippen molar-refractivity contribution >= 4 is 16.9 Å². The Morgan fingerprint density at radius 1 is 1.06 bits per heavy atom. The Hall–Kier alpha value is -3.48. The van der Waals surface area contributed by atoms with Crippen LogP contribution in [0.2, 0.25) is 0 Å². The molecule has 31 heavy (non-hydrogen) atoms. The minimum Gasteiger partial charge on any atom is -0.340 e. The van der Waals surface area contributed by atoms with Gasteiger partial charge in [0.25, 0.3) is 5.91 Å². The van der Waals surface area contributed by atoms with Crippen molar-refractivity contribution in [3.05, 3.63) is 70.8 Å². The van der Waals surface area contributed by atoms with Gasteiger partial charge < -0.3 is 9.88 Å². The summed E-state index contributed by atoms with van der Waals surface area (Å²) in [6.45, 7) is 8.98. The van der Waals surface area contributed by atoms with Crippen LogP contribution < -0.4 is 0 Å². The van der Waals surface area contributed by atoms with Crippen molar-refractivity contribution in [3.8, 4) is 5.69 Å². The van der Waals surface area contributed by atoms with Crippen LogP contribution >= 0.6 is 0 Å². The number of imidazole rings is 1. The molecule has 7 nitrogen and oxygen atoms in total. The highest BCUT2D eigenvalue weighted by atomic mass is 16.2. The second-order valence-corrected chi connectivity index (χ2v) is 8.71. The smallest absolute Gasteiger partial charge is 0.256 e. The van der Waals surface area contributed by atoms with Gasteiger partial charge in [-0.3, -0.25) is 4.79 Å². The highest BCUT2D eigenvalue weighted by Crippen LogP contribution is 2.39. The summed E-state index contributed by atoms with van der Waals surface area (Å²) in [6, 6.07) is 10.0. The van der Waals surface area contributed by atoms with E-state index in [9.17, 15) is 4.79 Å². The second kappa shape index (κ2) is 7.04. The molecule has 3 heterocycles. The Kier molecular flexibility index (Phi) is 4.43. The number of hydrogen-bond donors (Lipinski definition) is 1. The predicted octanol–water partition coefficient (Wildman–Crippen LogP) is 4.22. The van der Waals surface area contributed by atoms with Crippen LogP contribution in [0.5, 0.6) is 0 Å². The van der Waals surface area contributed by atoms with Gasteiger partial charge >= 0.3 is 0 Å². The molecular weight excluding hydrogens is 388 g/mol. The lowest BCUT2D eigenvalue weighted by molar-refractivity contribution is 0.0605. The number of amides is 1. The van der Waals surface area contributed by atoms with Crippen LogP contribution in [0.25, 0.3) is 16.7 Å². The third-order valence-electron chi connectivity index (χ3n) is 6.51. The Morgan fingerprint density at radius 2 is 1.81 bits per heavy atom. The third kappa shape index (κ3) is 3.12. The lowest BCUT2D eigenvalue weighted by Crippen LogP contribution is -2.44. The summed E-state index contributed by atoms with van der Waals surface area (Å²) in [5.41, 5.74) is 6.20. The minimum absolute atomic E-state index is 0.0242. The van der Waals surface area contributed by atoms with E-state index in [2.05, 4.69) is 48.1 Å². The summed E-state index contributed by atoms with van der Waals surface area (Å²) in [4.78, 5) is 25.7. The van der Waals surface area contributed by atoms with Crippen molar-refractivity contribution in [2.75, 3.05) is 6.54 Å². The maximum atomic E-state index is 13.8. The molecular formula is C24H26N6O.